The number of amides is 1. The van der Waals surface area contributed by atoms with Gasteiger partial charge < -0.3 is 14.5 Å². The van der Waals surface area contributed by atoms with Crippen LogP contribution in [0.2, 0.25) is 0 Å². The lowest BCUT2D eigenvalue weighted by molar-refractivity contribution is 0.00443. The molecule has 0 bridgehead atoms. The molecule has 2 saturated heterocycles. The van der Waals surface area contributed by atoms with E-state index in [4.69, 9.17) is 4.74 Å². The first-order valence-electron chi connectivity index (χ1n) is 10.7. The van der Waals surface area contributed by atoms with Gasteiger partial charge in [-0.25, -0.2) is 4.79 Å². The summed E-state index contributed by atoms with van der Waals surface area (Å²) in [7, 11) is 0. The lowest BCUT2D eigenvalue weighted by atomic mass is 9.84. The lowest BCUT2D eigenvalue weighted by Crippen LogP contribution is -2.58. The number of hydrogen-bond donors (Lipinski definition) is 0. The molecule has 0 N–H and O–H groups in total. The molecule has 2 aliphatic rings. The Bertz CT molecular complexity index is 594. The van der Waals surface area contributed by atoms with Crippen molar-refractivity contribution in [2.75, 3.05) is 26.2 Å². The van der Waals surface area contributed by atoms with E-state index in [1.165, 1.54) is 31.5 Å². The number of benzene rings is 1. The molecule has 0 aromatic heterocycles. The van der Waals surface area contributed by atoms with Gasteiger partial charge in [-0.3, -0.25) is 0 Å². The summed E-state index contributed by atoms with van der Waals surface area (Å²) in [5.74, 6) is 0.698. The van der Waals surface area contributed by atoms with E-state index < -0.39 is 0 Å². The third kappa shape index (κ3) is 5.04. The van der Waals surface area contributed by atoms with Crippen LogP contribution >= 0.6 is 0 Å². The number of hydrogen-bond acceptors (Lipinski definition) is 3. The maximum absolute atomic E-state index is 12.5. The first kappa shape index (κ1) is 20.2. The van der Waals surface area contributed by atoms with Crippen LogP contribution in [0.15, 0.2) is 30.3 Å². The van der Waals surface area contributed by atoms with Crippen LogP contribution in [0.3, 0.4) is 0 Å². The molecule has 1 aromatic carbocycles. The van der Waals surface area contributed by atoms with Gasteiger partial charge >= 0.3 is 6.09 Å². The summed E-state index contributed by atoms with van der Waals surface area (Å²) in [6.45, 7) is 10.2. The number of rotatable bonds is 5. The van der Waals surface area contributed by atoms with Gasteiger partial charge in [-0.05, 0) is 70.5 Å². The summed E-state index contributed by atoms with van der Waals surface area (Å²) in [5, 5.41) is 0. The van der Waals surface area contributed by atoms with Gasteiger partial charge in [0.25, 0.3) is 0 Å². The average molecular weight is 373 g/mol. The molecular weight excluding hydrogens is 336 g/mol. The predicted molar refractivity (Wildman–Crippen MR) is 110 cm³/mol. The zero-order valence-electron chi connectivity index (χ0n) is 17.3. The topological polar surface area (TPSA) is 32.8 Å². The second-order valence-corrected chi connectivity index (χ2v) is 8.80. The van der Waals surface area contributed by atoms with E-state index in [9.17, 15) is 4.79 Å². The summed E-state index contributed by atoms with van der Waals surface area (Å²) in [6, 6.07) is 11.5. The predicted octanol–water partition coefficient (Wildman–Crippen LogP) is 5.05. The van der Waals surface area contributed by atoms with Crippen molar-refractivity contribution in [2.24, 2.45) is 0 Å². The number of ether oxygens (including phenoxy) is 1. The minimum atomic E-state index is -0.136. The molecule has 0 radical (unpaired) electrons. The van der Waals surface area contributed by atoms with Gasteiger partial charge in [-0.15, -0.1) is 0 Å². The van der Waals surface area contributed by atoms with E-state index >= 15 is 0 Å². The molecular formula is C23H36N2O2. The molecule has 1 amide bonds. The molecule has 2 fully saturated rings. The van der Waals surface area contributed by atoms with E-state index in [0.717, 1.165) is 32.2 Å². The summed E-state index contributed by atoms with van der Waals surface area (Å²) >= 11 is 0. The molecule has 3 rings (SSSR count). The molecule has 2 heterocycles. The Kier molecular flexibility index (Phi) is 6.80. The van der Waals surface area contributed by atoms with Crippen molar-refractivity contribution in [1.29, 1.82) is 0 Å². The van der Waals surface area contributed by atoms with Gasteiger partial charge in [-0.1, -0.05) is 43.7 Å². The zero-order valence-corrected chi connectivity index (χ0v) is 17.3. The van der Waals surface area contributed by atoms with Gasteiger partial charge in [-0.2, -0.15) is 0 Å². The van der Waals surface area contributed by atoms with Crippen LogP contribution in [0, 0.1) is 0 Å². The highest BCUT2D eigenvalue weighted by Gasteiger charge is 2.40. The minimum Gasteiger partial charge on any atom is -0.449 e. The van der Waals surface area contributed by atoms with Crippen molar-refractivity contribution >= 4 is 6.09 Å². The van der Waals surface area contributed by atoms with E-state index in [-0.39, 0.29) is 11.6 Å². The highest BCUT2D eigenvalue weighted by atomic mass is 16.6. The highest BCUT2D eigenvalue weighted by Crippen LogP contribution is 2.35. The number of likely N-dealkylation sites (tertiary alicyclic amines) is 2. The number of nitrogens with zero attached hydrogens (tertiary/aromatic N) is 2. The summed E-state index contributed by atoms with van der Waals surface area (Å²) in [5.41, 5.74) is 1.35. The van der Waals surface area contributed by atoms with Crippen LogP contribution in [-0.4, -0.2) is 53.7 Å². The number of carbonyl (C=O) groups excluding carboxylic acids is 1. The van der Waals surface area contributed by atoms with E-state index in [2.05, 4.69) is 56.0 Å². The fraction of sp³-hybridized carbons (Fsp3) is 0.696. The third-order valence-corrected chi connectivity index (χ3v) is 6.41. The first-order chi connectivity index (χ1) is 13.0. The Hall–Kier alpha value is -1.55. The largest absolute Gasteiger partial charge is 0.449 e. The maximum Gasteiger partial charge on any atom is 0.410 e. The Morgan fingerprint density at radius 1 is 1.11 bits per heavy atom. The Morgan fingerprint density at radius 3 is 2.44 bits per heavy atom. The second kappa shape index (κ2) is 9.09. The van der Waals surface area contributed by atoms with Crippen LogP contribution in [0.25, 0.3) is 0 Å². The summed E-state index contributed by atoms with van der Waals surface area (Å²) in [4.78, 5) is 17.1. The molecule has 0 aliphatic carbocycles. The molecule has 0 spiro atoms. The number of piperidine rings is 2. The highest BCUT2D eigenvalue weighted by molar-refractivity contribution is 5.68. The maximum atomic E-state index is 12.5. The Morgan fingerprint density at radius 2 is 1.81 bits per heavy atom. The molecule has 4 nitrogen and oxygen atoms in total. The quantitative estimate of drug-likeness (QED) is 0.678. The summed E-state index contributed by atoms with van der Waals surface area (Å²) in [6.07, 6.45) is 6.44. The van der Waals surface area contributed by atoms with Gasteiger partial charge in [0.1, 0.15) is 0 Å². The molecule has 27 heavy (non-hydrogen) atoms. The average Bonchev–Trinajstić information content (AvgIpc) is 2.68. The molecule has 1 atom stereocenters. The fourth-order valence-corrected chi connectivity index (χ4v) is 4.72. The number of carbonyl (C=O) groups is 1. The monoisotopic (exact) mass is 372 g/mol. The summed E-state index contributed by atoms with van der Waals surface area (Å²) < 4.78 is 5.47. The molecule has 4 heteroatoms. The molecule has 1 aromatic rings. The molecule has 1 unspecified atom stereocenters. The van der Waals surface area contributed by atoms with Crippen molar-refractivity contribution in [3.05, 3.63) is 35.9 Å². The standard InChI is InChI=1S/C23H36N2O2/c1-4-5-17-27-22(26)25-16-13-21(18-23(25,2)3)24-14-11-20(12-15-24)19-9-7-6-8-10-19/h6-10,20-21H,4-5,11-18H2,1-3H3. The first-order valence-corrected chi connectivity index (χ1v) is 10.7. The lowest BCUT2D eigenvalue weighted by Gasteiger charge is -2.49. The van der Waals surface area contributed by atoms with Crippen LogP contribution in [0.5, 0.6) is 0 Å². The van der Waals surface area contributed by atoms with Crippen molar-refractivity contribution in [2.45, 2.75) is 76.8 Å². The van der Waals surface area contributed by atoms with Gasteiger partial charge in [0.2, 0.25) is 0 Å². The normalized spacial score (nSPS) is 24.0. The second-order valence-electron chi connectivity index (χ2n) is 8.80. The van der Waals surface area contributed by atoms with Gasteiger partial charge in [0.05, 0.1) is 6.61 Å². The molecule has 150 valence electrons. The fourth-order valence-electron chi connectivity index (χ4n) is 4.72. The Labute approximate surface area is 164 Å². The van der Waals surface area contributed by atoms with Crippen LogP contribution in [-0.2, 0) is 4.74 Å². The van der Waals surface area contributed by atoms with Gasteiger partial charge in [0, 0.05) is 18.1 Å². The van der Waals surface area contributed by atoms with E-state index in [1.807, 2.05) is 4.90 Å². The van der Waals surface area contributed by atoms with Crippen LogP contribution < -0.4 is 0 Å². The third-order valence-electron chi connectivity index (χ3n) is 6.41. The zero-order chi connectivity index (χ0) is 19.3. The van der Waals surface area contributed by atoms with Crippen molar-refractivity contribution in [3.8, 4) is 0 Å². The van der Waals surface area contributed by atoms with Crippen LogP contribution in [0.1, 0.15) is 70.8 Å². The SMILES string of the molecule is CCCCOC(=O)N1CCC(N2CCC(c3ccccc3)CC2)CC1(C)C. The molecule has 0 saturated carbocycles. The van der Waals surface area contributed by atoms with E-state index in [0.29, 0.717) is 18.6 Å². The van der Waals surface area contributed by atoms with Crippen LogP contribution in [0.4, 0.5) is 4.79 Å². The van der Waals surface area contributed by atoms with E-state index in [1.54, 1.807) is 0 Å². The van der Waals surface area contributed by atoms with Crippen molar-refractivity contribution in [1.82, 2.24) is 9.80 Å². The molecule has 2 aliphatic heterocycles. The number of unbranched alkanes of at least 4 members (excludes halogenated alkanes) is 1. The Balaban J connectivity index is 1.51. The van der Waals surface area contributed by atoms with Crippen molar-refractivity contribution in [3.63, 3.8) is 0 Å². The minimum absolute atomic E-state index is 0.130. The van der Waals surface area contributed by atoms with Gasteiger partial charge in [0.15, 0.2) is 0 Å². The van der Waals surface area contributed by atoms with Crippen molar-refractivity contribution < 1.29 is 9.53 Å². The smallest absolute Gasteiger partial charge is 0.410 e.